The fourth-order valence-electron chi connectivity index (χ4n) is 0.828. The molecule has 0 saturated heterocycles. The molecule has 1 atom stereocenters. The molecule has 10 heavy (non-hydrogen) atoms. The van der Waals surface area contributed by atoms with E-state index in [1.165, 1.54) is 0 Å². The molecule has 1 aromatic carbocycles. The Hall–Kier alpha value is -0.860. The highest BCUT2D eigenvalue weighted by Crippen LogP contribution is 1.96. The van der Waals surface area contributed by atoms with Crippen LogP contribution in [-0.4, -0.2) is 6.54 Å². The Morgan fingerprint density at radius 1 is 1.30 bits per heavy atom. The number of nitrogens with one attached hydrogen (secondary N) is 1. The highest BCUT2D eigenvalue weighted by Gasteiger charge is 1.94. The molecule has 1 unspecified atom stereocenters. The van der Waals surface area contributed by atoms with Crippen molar-refractivity contribution >= 4 is 5.69 Å². The Labute approximate surface area is 60.7 Å². The zero-order chi connectivity index (χ0) is 7.40. The minimum absolute atomic E-state index is 0.209. The predicted octanol–water partition coefficient (Wildman–Crippen LogP) is 0.721. The van der Waals surface area contributed by atoms with Crippen LogP contribution in [0.5, 0.6) is 0 Å². The maximum Gasteiger partial charge on any atom is 0.131 e. The number of rotatable bonds is 2. The number of benzene rings is 1. The molecule has 0 aliphatic rings. The maximum atomic E-state index is 11.0. The van der Waals surface area contributed by atoms with Crippen LogP contribution in [0.15, 0.2) is 30.3 Å². The van der Waals surface area contributed by atoms with Crippen LogP contribution < -0.4 is 5.06 Å². The largest absolute Gasteiger partial charge is 0.629 e. The van der Waals surface area contributed by atoms with E-state index in [1.807, 2.05) is 37.3 Å². The van der Waals surface area contributed by atoms with Gasteiger partial charge in [0.1, 0.15) is 5.69 Å². The number of para-hydroxylation sites is 1. The van der Waals surface area contributed by atoms with Crippen LogP contribution in [0.3, 0.4) is 0 Å². The van der Waals surface area contributed by atoms with E-state index in [1.54, 1.807) is 0 Å². The van der Waals surface area contributed by atoms with Gasteiger partial charge >= 0.3 is 0 Å². The van der Waals surface area contributed by atoms with Gasteiger partial charge in [-0.2, -0.15) is 0 Å². The third-order valence-corrected chi connectivity index (χ3v) is 1.42. The highest BCUT2D eigenvalue weighted by atomic mass is 16.5. The van der Waals surface area contributed by atoms with E-state index in [0.29, 0.717) is 6.54 Å². The van der Waals surface area contributed by atoms with Gasteiger partial charge in [-0.05, 0) is 19.1 Å². The summed E-state index contributed by atoms with van der Waals surface area (Å²) in [7, 11) is 0. The summed E-state index contributed by atoms with van der Waals surface area (Å²) in [6.45, 7) is 2.46. The van der Waals surface area contributed by atoms with Gasteiger partial charge in [-0.1, -0.05) is 18.2 Å². The van der Waals surface area contributed by atoms with Gasteiger partial charge < -0.3 is 10.3 Å². The molecule has 2 nitrogen and oxygen atoms in total. The lowest BCUT2D eigenvalue weighted by Gasteiger charge is -2.18. The van der Waals surface area contributed by atoms with Gasteiger partial charge in [0.2, 0.25) is 0 Å². The van der Waals surface area contributed by atoms with E-state index in [0.717, 1.165) is 5.69 Å². The van der Waals surface area contributed by atoms with E-state index in [4.69, 9.17) is 0 Å². The molecule has 0 aliphatic carbocycles. The first-order chi connectivity index (χ1) is 4.84. The average molecular weight is 137 g/mol. The van der Waals surface area contributed by atoms with E-state index < -0.39 is 0 Å². The van der Waals surface area contributed by atoms with E-state index in [9.17, 15) is 5.21 Å². The second-order valence-electron chi connectivity index (χ2n) is 2.14. The lowest BCUT2D eigenvalue weighted by molar-refractivity contribution is -0.773. The quantitative estimate of drug-likeness (QED) is 0.597. The third-order valence-electron chi connectivity index (χ3n) is 1.42. The summed E-state index contributed by atoms with van der Waals surface area (Å²) in [6.07, 6.45) is 0. The van der Waals surface area contributed by atoms with Crippen molar-refractivity contribution in [2.45, 2.75) is 6.92 Å². The van der Waals surface area contributed by atoms with Crippen molar-refractivity contribution < 1.29 is 5.06 Å². The van der Waals surface area contributed by atoms with Crippen molar-refractivity contribution in [3.8, 4) is 0 Å². The first kappa shape index (κ1) is 7.25. The van der Waals surface area contributed by atoms with Gasteiger partial charge in [-0.3, -0.25) is 0 Å². The number of hydrogen-bond donors (Lipinski definition) is 1. The van der Waals surface area contributed by atoms with Gasteiger partial charge in [0.15, 0.2) is 0 Å². The lowest BCUT2D eigenvalue weighted by Crippen LogP contribution is -3.01. The lowest BCUT2D eigenvalue weighted by atomic mass is 10.3. The zero-order valence-electron chi connectivity index (χ0n) is 6.00. The summed E-state index contributed by atoms with van der Waals surface area (Å²) in [4.78, 5) is 0. The molecule has 2 heteroatoms. The van der Waals surface area contributed by atoms with Crippen LogP contribution in [0.1, 0.15) is 6.92 Å². The molecule has 54 valence electrons. The molecule has 0 spiro atoms. The monoisotopic (exact) mass is 137 g/mol. The van der Waals surface area contributed by atoms with Crippen molar-refractivity contribution in [3.63, 3.8) is 0 Å². The van der Waals surface area contributed by atoms with E-state index in [2.05, 4.69) is 0 Å². The fourth-order valence-corrected chi connectivity index (χ4v) is 0.828. The minimum Gasteiger partial charge on any atom is -0.629 e. The van der Waals surface area contributed by atoms with Gasteiger partial charge in [-0.25, -0.2) is 0 Å². The van der Waals surface area contributed by atoms with Crippen molar-refractivity contribution in [3.05, 3.63) is 35.5 Å². The highest BCUT2D eigenvalue weighted by molar-refractivity contribution is 5.27. The molecule has 1 aromatic rings. The maximum absolute atomic E-state index is 11.0. The topological polar surface area (TPSA) is 27.5 Å². The van der Waals surface area contributed by atoms with Crippen LogP contribution in [0.25, 0.3) is 0 Å². The summed E-state index contributed by atoms with van der Waals surface area (Å²) < 4.78 is 0. The number of hydrogen-bond acceptors (Lipinski definition) is 1. The average Bonchev–Trinajstić information content (AvgIpc) is 2.05. The Morgan fingerprint density at radius 2 is 1.90 bits per heavy atom. The smallest absolute Gasteiger partial charge is 0.131 e. The molecule has 0 radical (unpaired) electrons. The Morgan fingerprint density at radius 3 is 2.40 bits per heavy atom. The second-order valence-corrected chi connectivity index (χ2v) is 2.14. The normalized spacial score (nSPS) is 13.0. The summed E-state index contributed by atoms with van der Waals surface area (Å²) >= 11 is 0. The first-order valence-corrected chi connectivity index (χ1v) is 3.43. The summed E-state index contributed by atoms with van der Waals surface area (Å²) in [5, 5.41) is 11.2. The standard InChI is InChI=1S/C8H11NO/c1-2-9(10)8-6-4-3-5-7-8/h3-7,9H,2H2,1H3. The molecule has 0 fully saturated rings. The van der Waals surface area contributed by atoms with Gasteiger partial charge in [0.25, 0.3) is 0 Å². The Bertz CT molecular complexity index is 186. The number of quaternary nitrogens is 1. The van der Waals surface area contributed by atoms with Gasteiger partial charge in [-0.15, -0.1) is 0 Å². The summed E-state index contributed by atoms with van der Waals surface area (Å²) in [6, 6.07) is 9.34. The van der Waals surface area contributed by atoms with Crippen LogP contribution in [0.4, 0.5) is 5.69 Å². The summed E-state index contributed by atoms with van der Waals surface area (Å²) in [5.41, 5.74) is 0.810. The molecule has 0 amide bonds. The van der Waals surface area contributed by atoms with Crippen LogP contribution in [-0.2, 0) is 0 Å². The third kappa shape index (κ3) is 1.56. The fraction of sp³-hybridized carbons (Fsp3) is 0.250. The molecule has 0 saturated carbocycles. The van der Waals surface area contributed by atoms with E-state index in [-0.39, 0.29) is 5.06 Å². The number of hydroxylamine groups is 1. The van der Waals surface area contributed by atoms with Gasteiger partial charge in [0, 0.05) is 0 Å². The molecule has 0 bridgehead atoms. The molecular weight excluding hydrogens is 126 g/mol. The first-order valence-electron chi connectivity index (χ1n) is 3.43. The minimum atomic E-state index is 0.209. The summed E-state index contributed by atoms with van der Waals surface area (Å²) in [5.74, 6) is 0. The molecule has 0 aliphatic heterocycles. The van der Waals surface area contributed by atoms with Crippen molar-refractivity contribution in [2.24, 2.45) is 0 Å². The Balaban J connectivity index is 2.75. The SMILES string of the molecule is CC[NH+]([O-])c1ccccc1. The second kappa shape index (κ2) is 3.34. The van der Waals surface area contributed by atoms with E-state index >= 15 is 0 Å². The molecular formula is C8H11NO. The van der Waals surface area contributed by atoms with Crippen molar-refractivity contribution in [1.29, 1.82) is 0 Å². The van der Waals surface area contributed by atoms with Gasteiger partial charge in [0.05, 0.1) is 6.54 Å². The van der Waals surface area contributed by atoms with Crippen molar-refractivity contribution in [1.82, 2.24) is 0 Å². The van der Waals surface area contributed by atoms with Crippen LogP contribution in [0.2, 0.25) is 0 Å². The molecule has 1 rings (SSSR count). The zero-order valence-corrected chi connectivity index (χ0v) is 6.00. The molecule has 0 heterocycles. The van der Waals surface area contributed by atoms with Crippen LogP contribution in [0, 0.1) is 5.21 Å². The Kier molecular flexibility index (Phi) is 2.42. The van der Waals surface area contributed by atoms with Crippen molar-refractivity contribution in [2.75, 3.05) is 6.54 Å². The predicted molar refractivity (Wildman–Crippen MR) is 41.0 cm³/mol. The molecule has 1 N–H and O–H groups in total. The molecule has 0 aromatic heterocycles. The van der Waals surface area contributed by atoms with Crippen LogP contribution >= 0.6 is 0 Å².